The predicted octanol–water partition coefficient (Wildman–Crippen LogP) is 2.52. The van der Waals surface area contributed by atoms with Crippen molar-refractivity contribution < 1.29 is 14.6 Å². The summed E-state index contributed by atoms with van der Waals surface area (Å²) in [6.07, 6.45) is 0. The van der Waals surface area contributed by atoms with Crippen molar-refractivity contribution in [3.8, 4) is 0 Å². The smallest absolute Gasteiger partial charge is 0.310 e. The number of hydrogen-bond acceptors (Lipinski definition) is 3. The average Bonchev–Trinajstić information content (AvgIpc) is 2.84. The number of carboxylic acid groups (broad SMARTS) is 1. The highest BCUT2D eigenvalue weighted by Crippen LogP contribution is 2.28. The Kier molecular flexibility index (Phi) is 4.68. The van der Waals surface area contributed by atoms with Crippen molar-refractivity contribution in [1.29, 1.82) is 0 Å². The largest absolute Gasteiger partial charge is 0.481 e. The Bertz CT molecular complexity index is 481. The molecule has 2 rings (SSSR count). The van der Waals surface area contributed by atoms with E-state index in [1.807, 2.05) is 24.1 Å². The molecule has 6 heteroatoms. The van der Waals surface area contributed by atoms with E-state index < -0.39 is 11.9 Å². The van der Waals surface area contributed by atoms with Gasteiger partial charge in [-0.05, 0) is 18.7 Å². The first-order valence-electron chi connectivity index (χ1n) is 5.94. The van der Waals surface area contributed by atoms with Crippen LogP contribution in [0.3, 0.4) is 0 Å². The molecule has 104 valence electrons. The zero-order chi connectivity index (χ0) is 14.0. The van der Waals surface area contributed by atoms with E-state index in [0.717, 1.165) is 5.56 Å². The zero-order valence-corrected chi connectivity index (χ0v) is 12.0. The molecule has 1 aromatic carbocycles. The van der Waals surface area contributed by atoms with Gasteiger partial charge < -0.3 is 9.84 Å². The first-order chi connectivity index (χ1) is 9.00. The number of carbonyl (C=O) groups is 1. The minimum absolute atomic E-state index is 0.146. The molecule has 0 aliphatic carbocycles. The monoisotopic (exact) mass is 303 g/mol. The third-order valence-corrected chi connectivity index (χ3v) is 4.24. The second-order valence-electron chi connectivity index (χ2n) is 4.68. The molecule has 1 saturated heterocycles. The fourth-order valence-corrected chi connectivity index (χ4v) is 2.65. The van der Waals surface area contributed by atoms with Crippen LogP contribution >= 0.6 is 23.2 Å². The molecule has 0 bridgehead atoms. The molecule has 4 nitrogen and oxygen atoms in total. The molecule has 0 amide bonds. The fraction of sp³-hybridized carbons (Fsp3) is 0.462. The Morgan fingerprint density at radius 3 is 2.89 bits per heavy atom. The van der Waals surface area contributed by atoms with Crippen molar-refractivity contribution in [3.05, 3.63) is 33.8 Å². The Hall–Kier alpha value is -0.810. The quantitative estimate of drug-likeness (QED) is 0.928. The number of nitrogens with zero attached hydrogens (tertiary/aromatic N) is 1. The van der Waals surface area contributed by atoms with Crippen molar-refractivity contribution in [1.82, 2.24) is 4.90 Å². The van der Waals surface area contributed by atoms with Gasteiger partial charge in [-0.2, -0.15) is 0 Å². The maximum absolute atomic E-state index is 11.1. The van der Waals surface area contributed by atoms with Gasteiger partial charge in [0.2, 0.25) is 0 Å². The molecule has 0 saturated carbocycles. The minimum Gasteiger partial charge on any atom is -0.481 e. The topological polar surface area (TPSA) is 49.8 Å². The molecule has 1 aliphatic heterocycles. The lowest BCUT2D eigenvalue weighted by Gasteiger charge is -2.26. The highest BCUT2D eigenvalue weighted by atomic mass is 35.5. The van der Waals surface area contributed by atoms with Crippen LogP contribution in [0.2, 0.25) is 10.0 Å². The summed E-state index contributed by atoms with van der Waals surface area (Å²) in [5.74, 6) is -1.32. The van der Waals surface area contributed by atoms with Gasteiger partial charge in [0.25, 0.3) is 0 Å². The third kappa shape index (κ3) is 3.20. The van der Waals surface area contributed by atoms with Gasteiger partial charge in [-0.3, -0.25) is 9.69 Å². The van der Waals surface area contributed by atoms with Crippen molar-refractivity contribution in [2.24, 2.45) is 5.92 Å². The molecule has 1 N–H and O–H groups in total. The number of ether oxygens (including phenoxy) is 1. The van der Waals surface area contributed by atoms with Crippen molar-refractivity contribution >= 4 is 29.2 Å². The van der Waals surface area contributed by atoms with Gasteiger partial charge in [0.1, 0.15) is 0 Å². The second-order valence-corrected chi connectivity index (χ2v) is 5.46. The summed E-state index contributed by atoms with van der Waals surface area (Å²) in [5.41, 5.74) is 0.882. The maximum atomic E-state index is 11.1. The molecule has 2 unspecified atom stereocenters. The highest BCUT2D eigenvalue weighted by Gasteiger charge is 2.36. The number of rotatable bonds is 4. The zero-order valence-electron chi connectivity index (χ0n) is 10.5. The fourth-order valence-electron chi connectivity index (χ4n) is 2.27. The molecule has 0 spiro atoms. The minimum atomic E-state index is -0.827. The number of halogens is 2. The molecule has 0 radical (unpaired) electrons. The Labute approximate surface area is 121 Å². The number of hydrogen-bond donors (Lipinski definition) is 1. The van der Waals surface area contributed by atoms with E-state index in [-0.39, 0.29) is 12.6 Å². The first-order valence-corrected chi connectivity index (χ1v) is 6.70. The summed E-state index contributed by atoms with van der Waals surface area (Å²) in [6.45, 7) is 1.22. The molecule has 1 aliphatic rings. The lowest BCUT2D eigenvalue weighted by molar-refractivity contribution is -0.143. The lowest BCUT2D eigenvalue weighted by Crippen LogP contribution is -2.40. The Balaban J connectivity index is 2.10. The van der Waals surface area contributed by atoms with E-state index in [0.29, 0.717) is 23.2 Å². The normalized spacial score (nSPS) is 22.9. The molecule has 1 aromatic rings. The summed E-state index contributed by atoms with van der Waals surface area (Å²) < 4.78 is 5.26. The molecule has 1 fully saturated rings. The lowest BCUT2D eigenvalue weighted by atomic mass is 10.0. The summed E-state index contributed by atoms with van der Waals surface area (Å²) >= 11 is 12.1. The van der Waals surface area contributed by atoms with Crippen LogP contribution in [0, 0.1) is 5.92 Å². The van der Waals surface area contributed by atoms with E-state index in [1.165, 1.54) is 0 Å². The summed E-state index contributed by atoms with van der Waals surface area (Å²) in [4.78, 5) is 13.1. The van der Waals surface area contributed by atoms with Gasteiger partial charge in [0, 0.05) is 12.6 Å². The molecular weight excluding hydrogens is 289 g/mol. The van der Waals surface area contributed by atoms with E-state index in [2.05, 4.69) is 0 Å². The van der Waals surface area contributed by atoms with E-state index in [1.54, 1.807) is 6.07 Å². The van der Waals surface area contributed by atoms with Crippen molar-refractivity contribution in [2.75, 3.05) is 20.3 Å². The SMILES string of the molecule is CN(Cc1cccc(Cl)c1Cl)C1COCC1C(=O)O. The molecule has 19 heavy (non-hydrogen) atoms. The molecule has 2 atom stereocenters. The van der Waals surface area contributed by atoms with Gasteiger partial charge in [0.15, 0.2) is 0 Å². The number of likely N-dealkylation sites (N-methyl/N-ethyl adjacent to an activating group) is 1. The van der Waals surface area contributed by atoms with E-state index in [4.69, 9.17) is 33.0 Å². The van der Waals surface area contributed by atoms with Crippen LogP contribution < -0.4 is 0 Å². The van der Waals surface area contributed by atoms with Gasteiger partial charge in [-0.15, -0.1) is 0 Å². The first kappa shape index (κ1) is 14.6. The van der Waals surface area contributed by atoms with Crippen LogP contribution in [0.25, 0.3) is 0 Å². The molecule has 1 heterocycles. The van der Waals surface area contributed by atoms with Gasteiger partial charge in [-0.1, -0.05) is 35.3 Å². The summed E-state index contributed by atoms with van der Waals surface area (Å²) in [7, 11) is 1.87. The van der Waals surface area contributed by atoms with Crippen LogP contribution in [-0.2, 0) is 16.1 Å². The van der Waals surface area contributed by atoms with Crippen LogP contribution in [0.5, 0.6) is 0 Å². The summed E-state index contributed by atoms with van der Waals surface area (Å²) in [6, 6.07) is 5.30. The number of carboxylic acids is 1. The third-order valence-electron chi connectivity index (χ3n) is 3.39. The van der Waals surface area contributed by atoms with Gasteiger partial charge in [0.05, 0.1) is 29.2 Å². The van der Waals surface area contributed by atoms with Crippen LogP contribution in [0.15, 0.2) is 18.2 Å². The number of benzene rings is 1. The van der Waals surface area contributed by atoms with Gasteiger partial charge >= 0.3 is 5.97 Å². The standard InChI is InChI=1S/C13H15Cl2NO3/c1-16(11-7-19-6-9(11)13(17)18)5-8-3-2-4-10(14)12(8)15/h2-4,9,11H,5-7H2,1H3,(H,17,18). The molecule has 0 aromatic heterocycles. The van der Waals surface area contributed by atoms with E-state index >= 15 is 0 Å². The maximum Gasteiger partial charge on any atom is 0.310 e. The van der Waals surface area contributed by atoms with Crippen LogP contribution in [0.1, 0.15) is 5.56 Å². The molecular formula is C13H15Cl2NO3. The van der Waals surface area contributed by atoms with Crippen LogP contribution in [0.4, 0.5) is 0 Å². The Morgan fingerprint density at radius 2 is 2.21 bits per heavy atom. The number of aliphatic carboxylic acids is 1. The van der Waals surface area contributed by atoms with Gasteiger partial charge in [-0.25, -0.2) is 0 Å². The average molecular weight is 304 g/mol. The predicted molar refractivity (Wildman–Crippen MR) is 73.7 cm³/mol. The summed E-state index contributed by atoms with van der Waals surface area (Å²) in [5, 5.41) is 10.2. The highest BCUT2D eigenvalue weighted by molar-refractivity contribution is 6.42. The van der Waals surface area contributed by atoms with Crippen molar-refractivity contribution in [2.45, 2.75) is 12.6 Å². The van der Waals surface area contributed by atoms with E-state index in [9.17, 15) is 4.79 Å². The van der Waals surface area contributed by atoms with Crippen LogP contribution in [-0.4, -0.2) is 42.3 Å². The second kappa shape index (κ2) is 6.09. The Morgan fingerprint density at radius 1 is 1.47 bits per heavy atom. The van der Waals surface area contributed by atoms with Crippen molar-refractivity contribution in [3.63, 3.8) is 0 Å².